The average molecular weight is 766 g/mol. The number of sulfone groups is 2. The highest BCUT2D eigenvalue weighted by atomic mass is 35.5. The van der Waals surface area contributed by atoms with Crippen LogP contribution in [0.5, 0.6) is 11.5 Å². The van der Waals surface area contributed by atoms with E-state index < -0.39 is 54.5 Å². The van der Waals surface area contributed by atoms with Crippen molar-refractivity contribution in [2.24, 2.45) is 5.92 Å². The van der Waals surface area contributed by atoms with Gasteiger partial charge in [-0.25, -0.2) is 16.8 Å². The zero-order valence-electron chi connectivity index (χ0n) is 28.9. The van der Waals surface area contributed by atoms with E-state index in [1.54, 1.807) is 34.6 Å². The molecule has 0 radical (unpaired) electrons. The SMILES string of the molecule is CCOc1c(S(=O)(=O)CC)ccc(C(=O)C(C(C)=O)C(=O)OC(C)(C)C)c1Cl.CCOc1c(S(=O)(=O)CC)ccc(C(=O)CC(C)=O)c1Cl. The van der Waals surface area contributed by atoms with Gasteiger partial charge in [-0.1, -0.05) is 37.0 Å². The van der Waals surface area contributed by atoms with Crippen molar-refractivity contribution in [3.63, 3.8) is 0 Å². The number of Topliss-reactive ketones (excluding diaryl/α,β-unsaturated/α-hetero) is 4. The fourth-order valence-electron chi connectivity index (χ4n) is 4.14. The average Bonchev–Trinajstić information content (AvgIpc) is 2.97. The van der Waals surface area contributed by atoms with Crippen molar-refractivity contribution < 1.29 is 55.0 Å². The van der Waals surface area contributed by atoms with Gasteiger partial charge < -0.3 is 14.2 Å². The molecule has 0 aliphatic heterocycles. The molecule has 272 valence electrons. The number of hydrogen-bond acceptors (Lipinski definition) is 12. The molecule has 2 aromatic rings. The minimum Gasteiger partial charge on any atom is -0.491 e. The van der Waals surface area contributed by atoms with E-state index in [1.165, 1.54) is 45.0 Å². The summed E-state index contributed by atoms with van der Waals surface area (Å²) in [4.78, 5) is 60.1. The van der Waals surface area contributed by atoms with E-state index in [4.69, 9.17) is 37.4 Å². The molecule has 12 nitrogen and oxygen atoms in total. The molecule has 2 rings (SSSR count). The van der Waals surface area contributed by atoms with E-state index in [9.17, 15) is 40.8 Å². The normalized spacial score (nSPS) is 12.2. The van der Waals surface area contributed by atoms with Crippen LogP contribution in [0.2, 0.25) is 10.0 Å². The molecule has 0 heterocycles. The minimum absolute atomic E-state index is 0.0320. The predicted molar refractivity (Wildman–Crippen MR) is 185 cm³/mol. The highest BCUT2D eigenvalue weighted by Gasteiger charge is 2.38. The van der Waals surface area contributed by atoms with E-state index in [1.807, 2.05) is 0 Å². The third-order valence-electron chi connectivity index (χ3n) is 6.42. The molecule has 16 heteroatoms. The van der Waals surface area contributed by atoms with Crippen molar-refractivity contribution in [2.75, 3.05) is 24.7 Å². The van der Waals surface area contributed by atoms with Gasteiger partial charge in [0.05, 0.1) is 41.2 Å². The van der Waals surface area contributed by atoms with Crippen molar-refractivity contribution in [2.45, 2.75) is 84.1 Å². The molecule has 0 fully saturated rings. The third kappa shape index (κ3) is 11.6. The molecule has 0 amide bonds. The number of ketones is 4. The molecule has 0 bridgehead atoms. The van der Waals surface area contributed by atoms with Crippen LogP contribution in [-0.2, 0) is 38.8 Å². The zero-order valence-corrected chi connectivity index (χ0v) is 32.0. The first kappa shape index (κ1) is 43.7. The van der Waals surface area contributed by atoms with Crippen LogP contribution >= 0.6 is 23.2 Å². The molecule has 1 atom stereocenters. The predicted octanol–water partition coefficient (Wildman–Crippen LogP) is 5.96. The Morgan fingerprint density at radius 3 is 1.47 bits per heavy atom. The standard InChI is InChI=1S/C19H25ClO7S.C14H17ClO5S/c1-7-26-17-13(28(24,25)8-2)10-9-12(15(17)20)16(22)14(11(3)21)18(23)27-19(4,5)6;1-4-20-14-12(21(18,19)5-2)7-6-10(13(14)15)11(17)8-9(3)16/h9-10,14H,7-8H2,1-6H3;6-7H,4-5,8H2,1-3H3. The van der Waals surface area contributed by atoms with Gasteiger partial charge in [0.15, 0.2) is 54.4 Å². The van der Waals surface area contributed by atoms with Gasteiger partial charge in [-0.2, -0.15) is 0 Å². The second-order valence-corrected chi connectivity index (χ2v) is 16.7. The largest absolute Gasteiger partial charge is 0.491 e. The monoisotopic (exact) mass is 764 g/mol. The van der Waals surface area contributed by atoms with Crippen LogP contribution in [0.25, 0.3) is 0 Å². The van der Waals surface area contributed by atoms with E-state index in [-0.39, 0.29) is 79.4 Å². The van der Waals surface area contributed by atoms with Crippen molar-refractivity contribution in [1.29, 1.82) is 0 Å². The molecule has 1 unspecified atom stereocenters. The Labute approximate surface area is 297 Å². The molecular weight excluding hydrogens is 723 g/mol. The number of carbonyl (C=O) groups is 5. The maximum atomic E-state index is 12.9. The number of benzene rings is 2. The molecule has 0 aromatic heterocycles. The van der Waals surface area contributed by atoms with Crippen molar-refractivity contribution in [3.8, 4) is 11.5 Å². The fourth-order valence-corrected chi connectivity index (χ4v) is 6.94. The van der Waals surface area contributed by atoms with Gasteiger partial charge in [0, 0.05) is 11.1 Å². The van der Waals surface area contributed by atoms with Crippen LogP contribution in [0.3, 0.4) is 0 Å². The van der Waals surface area contributed by atoms with Crippen LogP contribution in [0.4, 0.5) is 0 Å². The van der Waals surface area contributed by atoms with Gasteiger partial charge in [-0.05, 0) is 72.7 Å². The minimum atomic E-state index is -3.67. The van der Waals surface area contributed by atoms with Crippen LogP contribution < -0.4 is 9.47 Å². The third-order valence-corrected chi connectivity index (χ3v) is 10.7. The smallest absolute Gasteiger partial charge is 0.325 e. The van der Waals surface area contributed by atoms with E-state index in [0.717, 1.165) is 6.92 Å². The lowest BCUT2D eigenvalue weighted by atomic mass is 9.94. The number of carbonyl (C=O) groups excluding carboxylic acids is 5. The summed E-state index contributed by atoms with van der Waals surface area (Å²) >= 11 is 12.4. The topological polar surface area (TPSA) is 181 Å². The Morgan fingerprint density at radius 2 is 1.12 bits per heavy atom. The summed E-state index contributed by atoms with van der Waals surface area (Å²) in [6.07, 6.45) is -0.287. The molecular formula is C33H42Cl2O12S2. The van der Waals surface area contributed by atoms with E-state index in [0.29, 0.717) is 0 Å². The molecule has 0 saturated carbocycles. The number of hydrogen-bond donors (Lipinski definition) is 0. The summed E-state index contributed by atoms with van der Waals surface area (Å²) in [7, 11) is -7.20. The number of ether oxygens (including phenoxy) is 3. The summed E-state index contributed by atoms with van der Waals surface area (Å²) in [6, 6.07) is 4.98. The maximum Gasteiger partial charge on any atom is 0.325 e. The van der Waals surface area contributed by atoms with Crippen molar-refractivity contribution in [1.82, 2.24) is 0 Å². The van der Waals surface area contributed by atoms with E-state index >= 15 is 0 Å². The molecule has 0 saturated heterocycles. The molecule has 0 spiro atoms. The number of rotatable bonds is 15. The Bertz CT molecular complexity index is 1810. The summed E-state index contributed by atoms with van der Waals surface area (Å²) in [5, 5.41) is -0.339. The van der Waals surface area contributed by atoms with Crippen LogP contribution in [0.15, 0.2) is 34.1 Å². The quantitative estimate of drug-likeness (QED) is 0.118. The molecule has 49 heavy (non-hydrogen) atoms. The van der Waals surface area contributed by atoms with Crippen LogP contribution in [-0.4, -0.2) is 76.3 Å². The van der Waals surface area contributed by atoms with E-state index in [2.05, 4.69) is 0 Å². The Morgan fingerprint density at radius 1 is 0.714 bits per heavy atom. The Hall–Kier alpha value is -3.33. The fraction of sp³-hybridized carbons (Fsp3) is 0.485. The molecule has 0 aliphatic rings. The second kappa shape index (κ2) is 18.1. The first-order valence-electron chi connectivity index (χ1n) is 15.2. The lowest BCUT2D eigenvalue weighted by Crippen LogP contribution is -2.36. The number of halogens is 2. The summed E-state index contributed by atoms with van der Waals surface area (Å²) in [5.41, 5.74) is -0.999. The zero-order chi connectivity index (χ0) is 38.1. The lowest BCUT2D eigenvalue weighted by Gasteiger charge is -2.23. The summed E-state index contributed by atoms with van der Waals surface area (Å²) < 4.78 is 64.5. The highest BCUT2D eigenvalue weighted by molar-refractivity contribution is 7.91. The van der Waals surface area contributed by atoms with Crippen molar-refractivity contribution >= 4 is 72.0 Å². The lowest BCUT2D eigenvalue weighted by molar-refractivity contribution is -0.159. The van der Waals surface area contributed by atoms with Gasteiger partial charge in [0.2, 0.25) is 0 Å². The van der Waals surface area contributed by atoms with Gasteiger partial charge >= 0.3 is 5.97 Å². The number of esters is 1. The van der Waals surface area contributed by atoms with Gasteiger partial charge in [-0.3, -0.25) is 24.0 Å². The molecule has 0 N–H and O–H groups in total. The van der Waals surface area contributed by atoms with Crippen LogP contribution in [0, 0.1) is 5.92 Å². The Kier molecular flexibility index (Phi) is 16.1. The first-order chi connectivity index (χ1) is 22.5. The van der Waals surface area contributed by atoms with Crippen LogP contribution in [0.1, 0.15) is 89.5 Å². The first-order valence-corrected chi connectivity index (χ1v) is 19.2. The second-order valence-electron chi connectivity index (χ2n) is 11.4. The summed E-state index contributed by atoms with van der Waals surface area (Å²) in [5.74, 6) is -5.56. The van der Waals surface area contributed by atoms with Gasteiger partial charge in [-0.15, -0.1) is 0 Å². The molecule has 2 aromatic carbocycles. The highest BCUT2D eigenvalue weighted by Crippen LogP contribution is 2.38. The van der Waals surface area contributed by atoms with Gasteiger partial charge in [0.25, 0.3) is 0 Å². The Balaban J connectivity index is 0.000000510. The maximum absolute atomic E-state index is 12.9. The summed E-state index contributed by atoms with van der Waals surface area (Å²) in [6.45, 7) is 13.8. The van der Waals surface area contributed by atoms with Crippen molar-refractivity contribution in [3.05, 3.63) is 45.4 Å². The molecule has 0 aliphatic carbocycles. The van der Waals surface area contributed by atoms with Gasteiger partial charge in [0.1, 0.15) is 21.2 Å².